The Bertz CT molecular complexity index is 1370. The molecule has 1 fully saturated rings. The van der Waals surface area contributed by atoms with Gasteiger partial charge in [0.2, 0.25) is 5.54 Å². The van der Waals surface area contributed by atoms with Crippen LogP contribution in [0.3, 0.4) is 0 Å². The van der Waals surface area contributed by atoms with Crippen LogP contribution in [0.4, 0.5) is 9.09 Å². The summed E-state index contributed by atoms with van der Waals surface area (Å²) in [5.41, 5.74) is 2.53. The number of pyridine rings is 1. The molecule has 2 aromatic rings. The number of rotatable bonds is 8. The minimum Gasteiger partial charge on any atom is -0.303 e. The Morgan fingerprint density at radius 3 is 2.46 bits per heavy atom. The number of amidine groups is 1. The lowest BCUT2D eigenvalue weighted by Crippen LogP contribution is -2.47. The van der Waals surface area contributed by atoms with E-state index in [2.05, 4.69) is 28.1 Å². The van der Waals surface area contributed by atoms with Crippen LogP contribution in [0, 0.1) is 5.82 Å². The minimum atomic E-state index is -1.21. The number of amides is 1. The van der Waals surface area contributed by atoms with Crippen molar-refractivity contribution in [2.75, 3.05) is 26.2 Å². The molecule has 0 radical (unpaired) electrons. The molecule has 1 atom stereocenters. The van der Waals surface area contributed by atoms with Gasteiger partial charge in [-0.05, 0) is 106 Å². The zero-order valence-corrected chi connectivity index (χ0v) is 23.3. The van der Waals surface area contributed by atoms with Gasteiger partial charge in [-0.1, -0.05) is 42.5 Å². The maximum absolute atomic E-state index is 14.5. The molecular formula is C33H37F2N5O. The summed E-state index contributed by atoms with van der Waals surface area (Å²) in [6, 6.07) is 12.7. The average molecular weight is 558 g/mol. The number of aliphatic imine (C=N–C) groups is 2. The van der Waals surface area contributed by atoms with Gasteiger partial charge in [-0.25, -0.2) is 9.38 Å². The van der Waals surface area contributed by atoms with Crippen molar-refractivity contribution in [3.05, 3.63) is 102 Å². The quantitative estimate of drug-likeness (QED) is 0.394. The predicted octanol–water partition coefficient (Wildman–Crippen LogP) is 6.10. The van der Waals surface area contributed by atoms with Gasteiger partial charge < -0.3 is 4.90 Å². The highest BCUT2D eigenvalue weighted by atomic mass is 19.1. The molecule has 1 saturated heterocycles. The summed E-state index contributed by atoms with van der Waals surface area (Å²) in [7, 11) is 0. The molecule has 0 bridgehead atoms. The van der Waals surface area contributed by atoms with Gasteiger partial charge in [0, 0.05) is 18.9 Å². The Kier molecular flexibility index (Phi) is 8.98. The Balaban J connectivity index is 0.00000337. The Morgan fingerprint density at radius 1 is 0.976 bits per heavy atom. The topological polar surface area (TPSA) is 61.2 Å². The van der Waals surface area contributed by atoms with Crippen LogP contribution in [0.5, 0.6) is 0 Å². The molecular weight excluding hydrogens is 520 g/mol. The van der Waals surface area contributed by atoms with Crippen LogP contribution in [0.1, 0.15) is 62.1 Å². The first kappa shape index (κ1) is 28.7. The Labute approximate surface area is 240 Å². The molecule has 6 rings (SSSR count). The van der Waals surface area contributed by atoms with E-state index in [0.29, 0.717) is 24.6 Å². The third-order valence-corrected chi connectivity index (χ3v) is 8.51. The highest BCUT2D eigenvalue weighted by Gasteiger charge is 2.54. The smallest absolute Gasteiger partial charge is 0.268 e. The first-order valence-electron chi connectivity index (χ1n) is 14.5. The van der Waals surface area contributed by atoms with Crippen molar-refractivity contribution in [3.8, 4) is 0 Å². The maximum Gasteiger partial charge on any atom is 0.268 e. The molecule has 3 aliphatic heterocycles. The number of aromatic nitrogens is 1. The average Bonchev–Trinajstić information content (AvgIpc) is 3.32. The van der Waals surface area contributed by atoms with E-state index in [4.69, 9.17) is 9.98 Å². The first-order chi connectivity index (χ1) is 19.6. The number of halogens is 2. The molecule has 0 spiro atoms. The molecule has 4 heterocycles. The number of hydrogen-bond donors (Lipinski definition) is 0. The van der Waals surface area contributed by atoms with Gasteiger partial charge in [-0.3, -0.25) is 24.4 Å². The third kappa shape index (κ3) is 5.84. The van der Waals surface area contributed by atoms with Crippen LogP contribution < -0.4 is 0 Å². The molecule has 1 aromatic carbocycles. The van der Waals surface area contributed by atoms with Crippen molar-refractivity contribution in [1.29, 1.82) is 0 Å². The summed E-state index contributed by atoms with van der Waals surface area (Å²) in [6.07, 6.45) is 18.2. The lowest BCUT2D eigenvalue weighted by Gasteiger charge is -2.33. The van der Waals surface area contributed by atoms with Crippen LogP contribution in [0.2, 0.25) is 0 Å². The summed E-state index contributed by atoms with van der Waals surface area (Å²) >= 11 is 0. The molecule has 214 valence electrons. The van der Waals surface area contributed by atoms with E-state index in [1.54, 1.807) is 24.5 Å². The predicted molar refractivity (Wildman–Crippen MR) is 159 cm³/mol. The summed E-state index contributed by atoms with van der Waals surface area (Å²) in [5.74, 6) is 1.03. The van der Waals surface area contributed by atoms with Crippen LogP contribution >= 0.6 is 0 Å². The van der Waals surface area contributed by atoms with Crippen LogP contribution in [-0.4, -0.2) is 58.4 Å². The van der Waals surface area contributed by atoms with Crippen molar-refractivity contribution in [2.45, 2.75) is 56.4 Å². The summed E-state index contributed by atoms with van der Waals surface area (Å²) in [4.78, 5) is 33.4. The molecule has 8 heteroatoms. The fourth-order valence-electron chi connectivity index (χ4n) is 6.33. The number of benzene rings is 1. The van der Waals surface area contributed by atoms with Crippen molar-refractivity contribution in [1.82, 2.24) is 14.8 Å². The number of carbonyl (C=O) groups excluding carboxylic acids is 1. The van der Waals surface area contributed by atoms with E-state index >= 15 is 0 Å². The van der Waals surface area contributed by atoms with E-state index in [-0.39, 0.29) is 16.4 Å². The summed E-state index contributed by atoms with van der Waals surface area (Å²) in [5, 5.41) is 0. The zero-order chi connectivity index (χ0) is 27.4. The van der Waals surface area contributed by atoms with E-state index in [1.807, 2.05) is 41.3 Å². The fraction of sp³-hybridized carbons (Fsp3) is 0.394. The minimum absolute atomic E-state index is 0. The molecule has 0 saturated carbocycles. The normalized spacial score (nSPS) is 23.2. The van der Waals surface area contributed by atoms with E-state index in [0.717, 1.165) is 75.3 Å². The Morgan fingerprint density at radius 2 is 1.78 bits per heavy atom. The largest absolute Gasteiger partial charge is 0.303 e. The third-order valence-electron chi connectivity index (χ3n) is 8.51. The molecule has 1 unspecified atom stereocenters. The number of piperidine rings is 1. The van der Waals surface area contributed by atoms with Crippen molar-refractivity contribution in [3.63, 3.8) is 0 Å². The van der Waals surface area contributed by atoms with E-state index in [1.165, 1.54) is 5.56 Å². The monoisotopic (exact) mass is 557 g/mol. The molecule has 1 aromatic heterocycles. The van der Waals surface area contributed by atoms with Gasteiger partial charge in [0.1, 0.15) is 11.7 Å². The molecule has 1 amide bonds. The van der Waals surface area contributed by atoms with Gasteiger partial charge >= 0.3 is 0 Å². The van der Waals surface area contributed by atoms with Crippen LogP contribution in [-0.2, 0) is 10.3 Å². The van der Waals surface area contributed by atoms with E-state index in [9.17, 15) is 9.18 Å². The number of nitrogens with zero attached hydrogens (tertiary/aromatic N) is 5. The summed E-state index contributed by atoms with van der Waals surface area (Å²) < 4.78 is 13.3. The number of hydrogen-bond acceptors (Lipinski definition) is 5. The molecule has 1 aliphatic carbocycles. The zero-order valence-electron chi connectivity index (χ0n) is 23.3. The van der Waals surface area contributed by atoms with Crippen molar-refractivity contribution in [2.24, 2.45) is 9.98 Å². The second kappa shape index (κ2) is 12.8. The lowest BCUT2D eigenvalue weighted by molar-refractivity contribution is -0.129. The number of likely N-dealkylation sites (tertiary alicyclic amines) is 1. The number of carbonyl (C=O) groups is 1. The maximum atomic E-state index is 14.5. The lowest BCUT2D eigenvalue weighted by atomic mass is 9.85. The van der Waals surface area contributed by atoms with Gasteiger partial charge in [-0.2, -0.15) is 0 Å². The number of allylic oxidation sites excluding steroid dienone is 4. The summed E-state index contributed by atoms with van der Waals surface area (Å²) in [6.45, 7) is 3.54. The Hall–Kier alpha value is -3.78. The van der Waals surface area contributed by atoms with Gasteiger partial charge in [0.15, 0.2) is 0 Å². The molecule has 4 aliphatic rings. The van der Waals surface area contributed by atoms with Crippen LogP contribution in [0.25, 0.3) is 0 Å². The highest BCUT2D eigenvalue weighted by Crippen LogP contribution is 2.39. The second-order valence-electron chi connectivity index (χ2n) is 11.0. The molecule has 0 N–H and O–H groups in total. The van der Waals surface area contributed by atoms with E-state index < -0.39 is 5.54 Å². The van der Waals surface area contributed by atoms with Crippen molar-refractivity contribution >= 4 is 17.5 Å². The van der Waals surface area contributed by atoms with Crippen LogP contribution in [0.15, 0.2) is 94.7 Å². The first-order valence-corrected chi connectivity index (χ1v) is 14.5. The highest BCUT2D eigenvalue weighted by molar-refractivity contribution is 6.25. The van der Waals surface area contributed by atoms with Gasteiger partial charge in [-0.15, -0.1) is 0 Å². The molecule has 6 nitrogen and oxygen atoms in total. The fourth-order valence-corrected chi connectivity index (χ4v) is 6.33. The SMILES string of the molecule is F.O=C1N(CCCN2CCC(c3ccc(F)cc3)CC2)C(C2=CC=CCC2)=NC1(C1=NC=CCC1)c1ccccn1. The van der Waals surface area contributed by atoms with Gasteiger partial charge in [0.05, 0.1) is 11.4 Å². The molecule has 41 heavy (non-hydrogen) atoms. The second-order valence-corrected chi connectivity index (χ2v) is 11.0. The standard InChI is InChI=1S/C33H36FN5O.FH/c34-28-15-13-25(14-16-28)26-17-23-38(24-18-26)21-8-22-39-31(27-9-2-1-3-10-27)37-33(32(39)40,29-11-4-6-19-35-29)30-12-5-7-20-36-30;/h1-2,4,6-7,9,11,13-16,19-20,26H,3,5,8,10,12,17-18,21-24H2;1H. The van der Waals surface area contributed by atoms with Crippen molar-refractivity contribution < 1.29 is 13.9 Å². The van der Waals surface area contributed by atoms with Gasteiger partial charge in [0.25, 0.3) is 5.91 Å².